The monoisotopic (exact) mass is 339 g/mol. The number of carboxylic acids is 1. The second-order valence-electron chi connectivity index (χ2n) is 5.94. The summed E-state index contributed by atoms with van der Waals surface area (Å²) in [4.78, 5) is 25.0. The summed E-state index contributed by atoms with van der Waals surface area (Å²) in [5.41, 5.74) is 0. The van der Waals surface area contributed by atoms with Crippen LogP contribution >= 0.6 is 11.6 Å². The molecule has 126 valence electrons. The van der Waals surface area contributed by atoms with Gasteiger partial charge in [0.05, 0.1) is 0 Å². The highest BCUT2D eigenvalue weighted by molar-refractivity contribution is 6.30. The Morgan fingerprint density at radius 2 is 2.09 bits per heavy atom. The minimum atomic E-state index is -0.784. The highest BCUT2D eigenvalue weighted by atomic mass is 35.5. The van der Waals surface area contributed by atoms with E-state index in [9.17, 15) is 9.59 Å². The van der Waals surface area contributed by atoms with Crippen molar-refractivity contribution in [1.82, 2.24) is 4.90 Å². The van der Waals surface area contributed by atoms with Crippen LogP contribution in [0.4, 0.5) is 0 Å². The van der Waals surface area contributed by atoms with E-state index in [2.05, 4.69) is 0 Å². The first-order valence-corrected chi connectivity index (χ1v) is 8.26. The topological polar surface area (TPSA) is 66.8 Å². The Morgan fingerprint density at radius 1 is 1.39 bits per heavy atom. The number of benzene rings is 1. The van der Waals surface area contributed by atoms with E-state index in [-0.39, 0.29) is 18.2 Å². The summed E-state index contributed by atoms with van der Waals surface area (Å²) in [6.45, 7) is 3.05. The number of aliphatic carboxylic acids is 1. The normalized spacial score (nSPS) is 19.2. The average molecular weight is 340 g/mol. The van der Waals surface area contributed by atoms with Crippen LogP contribution in [0.5, 0.6) is 5.75 Å². The molecule has 1 heterocycles. The summed E-state index contributed by atoms with van der Waals surface area (Å²) in [5, 5.41) is 9.40. The Bertz CT molecular complexity index is 546. The Kier molecular flexibility index (Phi) is 6.28. The highest BCUT2D eigenvalue weighted by Gasteiger charge is 2.28. The molecule has 1 saturated heterocycles. The first-order chi connectivity index (χ1) is 11.0. The van der Waals surface area contributed by atoms with Crippen molar-refractivity contribution < 1.29 is 19.4 Å². The number of carbonyl (C=O) groups is 2. The lowest BCUT2D eigenvalue weighted by Crippen LogP contribution is -2.45. The molecule has 0 bridgehead atoms. The van der Waals surface area contributed by atoms with Crippen molar-refractivity contribution in [2.24, 2.45) is 5.92 Å². The van der Waals surface area contributed by atoms with Crippen LogP contribution in [0.2, 0.25) is 5.02 Å². The first-order valence-electron chi connectivity index (χ1n) is 7.88. The van der Waals surface area contributed by atoms with Crippen LogP contribution in [0.15, 0.2) is 24.3 Å². The molecule has 0 aromatic heterocycles. The van der Waals surface area contributed by atoms with Crippen molar-refractivity contribution in [3.05, 3.63) is 29.3 Å². The van der Waals surface area contributed by atoms with Crippen molar-refractivity contribution in [1.29, 1.82) is 0 Å². The molecule has 1 aromatic rings. The van der Waals surface area contributed by atoms with E-state index in [1.54, 1.807) is 36.1 Å². The van der Waals surface area contributed by atoms with Crippen LogP contribution < -0.4 is 4.74 Å². The molecule has 1 aliphatic heterocycles. The number of rotatable bonds is 6. The van der Waals surface area contributed by atoms with Gasteiger partial charge in [-0.2, -0.15) is 0 Å². The van der Waals surface area contributed by atoms with Crippen molar-refractivity contribution in [2.45, 2.75) is 38.7 Å². The zero-order valence-corrected chi connectivity index (χ0v) is 14.0. The quantitative estimate of drug-likeness (QED) is 0.864. The van der Waals surface area contributed by atoms with Gasteiger partial charge >= 0.3 is 5.97 Å². The van der Waals surface area contributed by atoms with Gasteiger partial charge in [0.1, 0.15) is 5.75 Å². The van der Waals surface area contributed by atoms with Crippen LogP contribution in [0.1, 0.15) is 32.6 Å². The standard InChI is InChI=1S/C17H22ClNO4/c1-12(23-15-7-5-14(18)6-8-15)17(22)19-10-2-3-13(11-19)4-9-16(20)21/h5-8,12-13H,2-4,9-11H2,1H3,(H,20,21)/t12-,13-/m0/s1. The maximum absolute atomic E-state index is 12.5. The molecule has 2 rings (SSSR count). The van der Waals surface area contributed by atoms with Gasteiger partial charge in [-0.05, 0) is 56.4 Å². The fourth-order valence-electron chi connectivity index (χ4n) is 2.85. The lowest BCUT2D eigenvalue weighted by atomic mass is 9.93. The summed E-state index contributed by atoms with van der Waals surface area (Å²) in [6, 6.07) is 6.91. The Labute approximate surface area is 141 Å². The van der Waals surface area contributed by atoms with E-state index in [1.165, 1.54) is 0 Å². The van der Waals surface area contributed by atoms with Gasteiger partial charge in [0.25, 0.3) is 5.91 Å². The Balaban J connectivity index is 1.87. The summed E-state index contributed by atoms with van der Waals surface area (Å²) >= 11 is 5.83. The van der Waals surface area contributed by atoms with Gasteiger partial charge in [-0.15, -0.1) is 0 Å². The molecule has 0 aliphatic carbocycles. The fraction of sp³-hybridized carbons (Fsp3) is 0.529. The van der Waals surface area contributed by atoms with Crippen LogP contribution in [0, 0.1) is 5.92 Å². The smallest absolute Gasteiger partial charge is 0.303 e. The van der Waals surface area contributed by atoms with Crippen molar-refractivity contribution in [2.75, 3.05) is 13.1 Å². The molecule has 1 aliphatic rings. The second kappa shape index (κ2) is 8.20. The highest BCUT2D eigenvalue weighted by Crippen LogP contribution is 2.23. The Hall–Kier alpha value is -1.75. The molecule has 1 fully saturated rings. The summed E-state index contributed by atoms with van der Waals surface area (Å²) in [7, 11) is 0. The van der Waals surface area contributed by atoms with E-state index >= 15 is 0 Å². The van der Waals surface area contributed by atoms with Crippen molar-refractivity contribution in [3.8, 4) is 5.75 Å². The molecule has 1 amide bonds. The van der Waals surface area contributed by atoms with Crippen LogP contribution in [-0.2, 0) is 9.59 Å². The molecular weight excluding hydrogens is 318 g/mol. The van der Waals surface area contributed by atoms with Crippen molar-refractivity contribution in [3.63, 3.8) is 0 Å². The lowest BCUT2D eigenvalue weighted by Gasteiger charge is -2.34. The molecule has 1 N–H and O–H groups in total. The number of ether oxygens (including phenoxy) is 1. The SMILES string of the molecule is C[C@H](Oc1ccc(Cl)cc1)C(=O)N1CCC[C@@H](CCC(=O)O)C1. The van der Waals surface area contributed by atoms with Crippen LogP contribution in [-0.4, -0.2) is 41.1 Å². The fourth-order valence-corrected chi connectivity index (χ4v) is 2.98. The van der Waals surface area contributed by atoms with Gasteiger partial charge in [-0.3, -0.25) is 9.59 Å². The number of piperidine rings is 1. The Morgan fingerprint density at radius 3 is 2.74 bits per heavy atom. The van der Waals surface area contributed by atoms with E-state index in [0.29, 0.717) is 30.3 Å². The molecule has 0 unspecified atom stereocenters. The molecular formula is C17H22ClNO4. The number of hydrogen-bond donors (Lipinski definition) is 1. The molecule has 6 heteroatoms. The van der Waals surface area contributed by atoms with Gasteiger partial charge in [0.2, 0.25) is 0 Å². The molecule has 1 aromatic carbocycles. The van der Waals surface area contributed by atoms with Crippen molar-refractivity contribution >= 4 is 23.5 Å². The molecule has 5 nitrogen and oxygen atoms in total. The minimum absolute atomic E-state index is 0.0556. The third kappa shape index (κ3) is 5.43. The number of carbonyl (C=O) groups excluding carboxylic acids is 1. The number of amides is 1. The van der Waals surface area contributed by atoms with E-state index in [4.69, 9.17) is 21.4 Å². The third-order valence-corrected chi connectivity index (χ3v) is 4.32. The minimum Gasteiger partial charge on any atom is -0.481 e. The van der Waals surface area contributed by atoms with E-state index < -0.39 is 12.1 Å². The van der Waals surface area contributed by atoms with E-state index in [0.717, 1.165) is 12.8 Å². The van der Waals surface area contributed by atoms with Crippen LogP contribution in [0.25, 0.3) is 0 Å². The second-order valence-corrected chi connectivity index (χ2v) is 6.38. The van der Waals surface area contributed by atoms with E-state index in [1.807, 2.05) is 0 Å². The van der Waals surface area contributed by atoms with Gasteiger partial charge in [0, 0.05) is 24.5 Å². The predicted molar refractivity (Wildman–Crippen MR) is 87.7 cm³/mol. The molecule has 0 spiro atoms. The third-order valence-electron chi connectivity index (χ3n) is 4.07. The number of halogens is 1. The lowest BCUT2D eigenvalue weighted by molar-refractivity contribution is -0.140. The molecule has 0 saturated carbocycles. The average Bonchev–Trinajstić information content (AvgIpc) is 2.54. The zero-order chi connectivity index (χ0) is 16.8. The molecule has 23 heavy (non-hydrogen) atoms. The number of likely N-dealkylation sites (tertiary alicyclic amines) is 1. The summed E-state index contributed by atoms with van der Waals surface area (Å²) < 4.78 is 5.67. The number of carboxylic acid groups (broad SMARTS) is 1. The first kappa shape index (κ1) is 17.6. The summed E-state index contributed by atoms with van der Waals surface area (Å²) in [6.07, 6.45) is 2.08. The largest absolute Gasteiger partial charge is 0.481 e. The summed E-state index contributed by atoms with van der Waals surface area (Å²) in [5.74, 6) is 0.0223. The van der Waals surface area contributed by atoms with Gasteiger partial charge in [0.15, 0.2) is 6.10 Å². The van der Waals surface area contributed by atoms with Crippen LogP contribution in [0.3, 0.4) is 0 Å². The maximum Gasteiger partial charge on any atom is 0.303 e. The molecule has 2 atom stereocenters. The van der Waals surface area contributed by atoms with Gasteiger partial charge in [-0.1, -0.05) is 11.6 Å². The number of nitrogens with zero attached hydrogens (tertiary/aromatic N) is 1. The number of hydrogen-bond acceptors (Lipinski definition) is 3. The molecule has 0 radical (unpaired) electrons. The predicted octanol–water partition coefficient (Wildman–Crippen LogP) is 3.21. The maximum atomic E-state index is 12.5. The van der Waals surface area contributed by atoms with Gasteiger partial charge < -0.3 is 14.7 Å². The zero-order valence-electron chi connectivity index (χ0n) is 13.2. The van der Waals surface area contributed by atoms with Gasteiger partial charge in [-0.25, -0.2) is 0 Å².